The summed E-state index contributed by atoms with van der Waals surface area (Å²) in [5.41, 5.74) is 3.43. The van der Waals surface area contributed by atoms with E-state index in [1.165, 1.54) is 18.2 Å². The van der Waals surface area contributed by atoms with Gasteiger partial charge in [-0.2, -0.15) is 4.31 Å². The molecule has 3 aromatic rings. The lowest BCUT2D eigenvalue weighted by molar-refractivity contribution is -0.116. The number of amides is 1. The Kier molecular flexibility index (Phi) is 7.96. The largest absolute Gasteiger partial charge is 0.324 e. The third kappa shape index (κ3) is 5.90. The maximum Gasteiger partial charge on any atom is 0.245 e. The summed E-state index contributed by atoms with van der Waals surface area (Å²) in [5, 5.41) is 3.15. The summed E-state index contributed by atoms with van der Waals surface area (Å²) in [6.07, 6.45) is 0.439. The van der Waals surface area contributed by atoms with Crippen LogP contribution >= 0.6 is 23.2 Å². The monoisotopic (exact) mass is 490 g/mol. The molecule has 0 heterocycles. The van der Waals surface area contributed by atoms with E-state index < -0.39 is 15.9 Å². The van der Waals surface area contributed by atoms with Gasteiger partial charge in [-0.3, -0.25) is 4.79 Å². The van der Waals surface area contributed by atoms with Crippen molar-refractivity contribution in [1.82, 2.24) is 4.31 Å². The number of para-hydroxylation sites is 1. The van der Waals surface area contributed by atoms with Crippen LogP contribution in [0.3, 0.4) is 0 Å². The van der Waals surface area contributed by atoms with Crippen molar-refractivity contribution in [2.75, 3.05) is 18.4 Å². The Morgan fingerprint density at radius 1 is 0.938 bits per heavy atom. The highest BCUT2D eigenvalue weighted by atomic mass is 35.5. The Labute approximate surface area is 199 Å². The van der Waals surface area contributed by atoms with Crippen LogP contribution in [0.4, 0.5) is 5.69 Å². The quantitative estimate of drug-likeness (QED) is 0.454. The predicted molar refractivity (Wildman–Crippen MR) is 130 cm³/mol. The molecule has 8 heteroatoms. The Morgan fingerprint density at radius 2 is 1.59 bits per heavy atom. The molecule has 0 fully saturated rings. The van der Waals surface area contributed by atoms with E-state index in [2.05, 4.69) is 5.32 Å². The lowest BCUT2D eigenvalue weighted by Crippen LogP contribution is -2.39. The fourth-order valence-electron chi connectivity index (χ4n) is 3.35. The number of carbonyl (C=O) groups excluding carboxylic acids is 1. The van der Waals surface area contributed by atoms with Crippen LogP contribution < -0.4 is 5.32 Å². The first-order valence-corrected chi connectivity index (χ1v) is 12.2. The molecule has 0 unspecified atom stereocenters. The van der Waals surface area contributed by atoms with Gasteiger partial charge < -0.3 is 5.32 Å². The standard InChI is InChI=1S/C24H24Cl2N2O3S/c1-17-7-6-8-18(2)24(17)27-23(29)16-28(14-13-19-9-4-3-5-10-19)32(30,31)22-15-20(25)11-12-21(22)26/h3-12,15H,13-14,16H2,1-2H3,(H,27,29). The smallest absolute Gasteiger partial charge is 0.245 e. The molecule has 0 radical (unpaired) electrons. The summed E-state index contributed by atoms with van der Waals surface area (Å²) < 4.78 is 28.0. The molecule has 32 heavy (non-hydrogen) atoms. The normalized spacial score (nSPS) is 11.5. The van der Waals surface area contributed by atoms with Crippen molar-refractivity contribution >= 4 is 44.8 Å². The molecule has 0 aliphatic heterocycles. The molecule has 1 amide bonds. The van der Waals surface area contributed by atoms with Crippen molar-refractivity contribution in [3.05, 3.63) is 93.5 Å². The van der Waals surface area contributed by atoms with Crippen LogP contribution in [0.15, 0.2) is 71.6 Å². The molecule has 0 spiro atoms. The number of carbonyl (C=O) groups is 1. The zero-order valence-corrected chi connectivity index (χ0v) is 20.1. The van der Waals surface area contributed by atoms with Crippen LogP contribution in [0, 0.1) is 13.8 Å². The van der Waals surface area contributed by atoms with Gasteiger partial charge >= 0.3 is 0 Å². The zero-order chi connectivity index (χ0) is 23.3. The first-order chi connectivity index (χ1) is 15.2. The summed E-state index contributed by atoms with van der Waals surface area (Å²) in [6, 6.07) is 19.4. The van der Waals surface area contributed by atoms with E-state index in [9.17, 15) is 13.2 Å². The van der Waals surface area contributed by atoms with Gasteiger partial charge in [0.1, 0.15) is 4.90 Å². The second kappa shape index (κ2) is 10.5. The number of hydrogen-bond acceptors (Lipinski definition) is 3. The highest BCUT2D eigenvalue weighted by Gasteiger charge is 2.29. The van der Waals surface area contributed by atoms with Crippen molar-refractivity contribution in [3.8, 4) is 0 Å². The van der Waals surface area contributed by atoms with Gasteiger partial charge in [-0.15, -0.1) is 0 Å². The number of nitrogens with zero attached hydrogens (tertiary/aromatic N) is 1. The minimum absolute atomic E-state index is 0.0502. The lowest BCUT2D eigenvalue weighted by atomic mass is 10.1. The number of benzene rings is 3. The Hall–Kier alpha value is -2.38. The van der Waals surface area contributed by atoms with Gasteiger partial charge in [-0.05, 0) is 55.2 Å². The van der Waals surface area contributed by atoms with E-state index in [4.69, 9.17) is 23.2 Å². The van der Waals surface area contributed by atoms with Crippen molar-refractivity contribution in [1.29, 1.82) is 0 Å². The molecule has 0 saturated carbocycles. The fourth-order valence-corrected chi connectivity index (χ4v) is 5.48. The minimum Gasteiger partial charge on any atom is -0.324 e. The van der Waals surface area contributed by atoms with E-state index in [0.29, 0.717) is 12.1 Å². The highest BCUT2D eigenvalue weighted by molar-refractivity contribution is 7.89. The average Bonchev–Trinajstić information content (AvgIpc) is 2.76. The molecule has 3 aromatic carbocycles. The van der Waals surface area contributed by atoms with E-state index >= 15 is 0 Å². The maximum absolute atomic E-state index is 13.5. The Morgan fingerprint density at radius 3 is 2.25 bits per heavy atom. The maximum atomic E-state index is 13.5. The van der Waals surface area contributed by atoms with Gasteiger partial charge in [0.2, 0.25) is 15.9 Å². The SMILES string of the molecule is Cc1cccc(C)c1NC(=O)CN(CCc1ccccc1)S(=O)(=O)c1cc(Cl)ccc1Cl. The number of halogens is 2. The van der Waals surface area contributed by atoms with Crippen molar-refractivity contribution in [2.45, 2.75) is 25.2 Å². The third-order valence-electron chi connectivity index (χ3n) is 5.07. The average molecular weight is 491 g/mol. The zero-order valence-electron chi connectivity index (χ0n) is 17.8. The molecule has 5 nitrogen and oxygen atoms in total. The first-order valence-electron chi connectivity index (χ1n) is 10.0. The summed E-state index contributed by atoms with van der Waals surface area (Å²) in [4.78, 5) is 12.8. The van der Waals surface area contributed by atoms with Crippen molar-refractivity contribution in [2.24, 2.45) is 0 Å². The molecule has 1 N–H and O–H groups in total. The number of sulfonamides is 1. The second-order valence-corrected chi connectivity index (χ2v) is 10.2. The number of nitrogens with one attached hydrogen (secondary N) is 1. The van der Waals surface area contributed by atoms with E-state index in [1.807, 2.05) is 62.4 Å². The highest BCUT2D eigenvalue weighted by Crippen LogP contribution is 2.28. The van der Waals surface area contributed by atoms with Gasteiger partial charge in [0.25, 0.3) is 0 Å². The summed E-state index contributed by atoms with van der Waals surface area (Å²) in [5.74, 6) is -0.433. The van der Waals surface area contributed by atoms with E-state index in [0.717, 1.165) is 21.0 Å². The molecule has 3 rings (SSSR count). The van der Waals surface area contributed by atoms with Crippen LogP contribution in [0.25, 0.3) is 0 Å². The molecular weight excluding hydrogens is 467 g/mol. The van der Waals surface area contributed by atoms with E-state index in [1.54, 1.807) is 0 Å². The number of anilines is 1. The van der Waals surface area contributed by atoms with Gasteiger partial charge in [-0.25, -0.2) is 8.42 Å². The van der Waals surface area contributed by atoms with Crippen LogP contribution in [0.1, 0.15) is 16.7 Å². The summed E-state index contributed by atoms with van der Waals surface area (Å²) in [6.45, 7) is 3.53. The number of hydrogen-bond donors (Lipinski definition) is 1. The minimum atomic E-state index is -4.08. The van der Waals surface area contributed by atoms with Gasteiger partial charge in [0.15, 0.2) is 0 Å². The molecule has 0 aromatic heterocycles. The molecule has 0 aliphatic carbocycles. The molecule has 168 valence electrons. The number of aryl methyl sites for hydroxylation is 2. The topological polar surface area (TPSA) is 66.5 Å². The Balaban J connectivity index is 1.89. The third-order valence-corrected chi connectivity index (χ3v) is 7.63. The van der Waals surface area contributed by atoms with Gasteiger partial charge in [-0.1, -0.05) is 71.7 Å². The van der Waals surface area contributed by atoms with Crippen LogP contribution in [-0.4, -0.2) is 31.7 Å². The summed E-state index contributed by atoms with van der Waals surface area (Å²) in [7, 11) is -4.08. The van der Waals surface area contributed by atoms with Crippen LogP contribution in [0.2, 0.25) is 10.0 Å². The summed E-state index contributed by atoms with van der Waals surface area (Å²) >= 11 is 12.2. The predicted octanol–water partition coefficient (Wildman–Crippen LogP) is 5.48. The van der Waals surface area contributed by atoms with Crippen molar-refractivity contribution in [3.63, 3.8) is 0 Å². The van der Waals surface area contributed by atoms with Crippen LogP contribution in [-0.2, 0) is 21.2 Å². The molecule has 0 atom stereocenters. The molecule has 0 saturated heterocycles. The Bertz CT molecular complexity index is 1190. The second-order valence-electron chi connectivity index (χ2n) is 7.46. The molecule has 0 aliphatic rings. The van der Waals surface area contributed by atoms with Gasteiger partial charge in [0.05, 0.1) is 11.6 Å². The van der Waals surface area contributed by atoms with Crippen LogP contribution in [0.5, 0.6) is 0 Å². The lowest BCUT2D eigenvalue weighted by Gasteiger charge is -2.23. The van der Waals surface area contributed by atoms with Gasteiger partial charge in [0, 0.05) is 17.3 Å². The van der Waals surface area contributed by atoms with E-state index in [-0.39, 0.29) is 28.0 Å². The molecule has 0 bridgehead atoms. The number of rotatable bonds is 8. The fraction of sp³-hybridized carbons (Fsp3) is 0.208. The van der Waals surface area contributed by atoms with Crippen molar-refractivity contribution < 1.29 is 13.2 Å². The first kappa shape index (κ1) is 24.3. The molecular formula is C24H24Cl2N2O3S.